The Labute approximate surface area is 228 Å². The van der Waals surface area contributed by atoms with Gasteiger partial charge in [0.25, 0.3) is 5.91 Å². The maximum absolute atomic E-state index is 13.4. The van der Waals surface area contributed by atoms with Gasteiger partial charge in [-0.1, -0.05) is 73.3 Å². The Balaban J connectivity index is 1.35. The lowest BCUT2D eigenvalue weighted by atomic mass is 9.95. The first-order chi connectivity index (χ1) is 19.2. The van der Waals surface area contributed by atoms with Gasteiger partial charge in [0.1, 0.15) is 0 Å². The molecule has 2 aromatic heterocycles. The number of amides is 1. The van der Waals surface area contributed by atoms with E-state index in [0.717, 1.165) is 58.9 Å². The highest BCUT2D eigenvalue weighted by Gasteiger charge is 2.32. The largest absolute Gasteiger partial charge is 0.376 e. The van der Waals surface area contributed by atoms with Crippen molar-refractivity contribution in [3.05, 3.63) is 120 Å². The van der Waals surface area contributed by atoms with E-state index in [2.05, 4.69) is 100 Å². The van der Waals surface area contributed by atoms with E-state index >= 15 is 0 Å². The van der Waals surface area contributed by atoms with Gasteiger partial charge in [-0.25, -0.2) is 0 Å². The molecule has 1 amide bonds. The van der Waals surface area contributed by atoms with Gasteiger partial charge in [0.15, 0.2) is 0 Å². The summed E-state index contributed by atoms with van der Waals surface area (Å²) in [6.07, 6.45) is 6.37. The molecule has 3 aromatic carbocycles. The van der Waals surface area contributed by atoms with Crippen LogP contribution in [0.25, 0.3) is 33.0 Å². The van der Waals surface area contributed by atoms with Gasteiger partial charge in [-0.05, 0) is 36.5 Å². The number of rotatable bonds is 4. The number of nitrogens with one attached hydrogen (secondary N) is 1. The molecule has 2 aliphatic heterocycles. The predicted molar refractivity (Wildman–Crippen MR) is 157 cm³/mol. The van der Waals surface area contributed by atoms with Crippen molar-refractivity contribution in [1.29, 1.82) is 0 Å². The molecule has 5 heteroatoms. The van der Waals surface area contributed by atoms with Crippen molar-refractivity contribution >= 4 is 38.9 Å². The Bertz CT molecular complexity index is 1650. The molecule has 1 N–H and O–H groups in total. The van der Waals surface area contributed by atoms with Crippen LogP contribution in [0.4, 0.5) is 0 Å². The molecule has 0 saturated carbocycles. The van der Waals surface area contributed by atoms with E-state index < -0.39 is 0 Å². The fraction of sp³-hybridized carbons (Fsp3) is 0.206. The molecule has 0 aliphatic carbocycles. The lowest BCUT2D eigenvalue weighted by Gasteiger charge is -2.19. The number of carbonyl (C=O) groups is 1. The van der Waals surface area contributed by atoms with E-state index in [-0.39, 0.29) is 5.91 Å². The van der Waals surface area contributed by atoms with Crippen LogP contribution < -0.4 is 5.32 Å². The number of fused-ring (bicyclic) bond motifs is 12. The number of aryl methyl sites for hydroxylation is 2. The number of hydrogen-bond acceptors (Lipinski definition) is 2. The summed E-state index contributed by atoms with van der Waals surface area (Å²) in [5.74, 6) is 0.304. The second-order valence-corrected chi connectivity index (χ2v) is 10.6. The van der Waals surface area contributed by atoms with Gasteiger partial charge in [-0.3, -0.25) is 4.79 Å². The lowest BCUT2D eigenvalue weighted by Crippen LogP contribution is -2.16. The predicted octanol–water partition coefficient (Wildman–Crippen LogP) is 6.78. The number of ether oxygens (including phenoxy) is 1. The highest BCUT2D eigenvalue weighted by molar-refractivity contribution is 6.36. The third kappa shape index (κ3) is 4.19. The zero-order valence-corrected chi connectivity index (χ0v) is 21.9. The molecule has 0 spiro atoms. The SMILES string of the molecule is C=C1NC(=O)C2=C1c1cn(c3ccccc13)CCC(COCc1ccccc1)CCn1cc2c2ccccc21. The van der Waals surface area contributed by atoms with Gasteiger partial charge in [0, 0.05) is 76.3 Å². The topological polar surface area (TPSA) is 48.2 Å². The zero-order valence-electron chi connectivity index (χ0n) is 21.9. The Morgan fingerprint density at radius 1 is 0.769 bits per heavy atom. The minimum Gasteiger partial charge on any atom is -0.376 e. The Morgan fingerprint density at radius 3 is 1.97 bits per heavy atom. The summed E-state index contributed by atoms with van der Waals surface area (Å²) in [6, 6.07) is 27.2. The van der Waals surface area contributed by atoms with Crippen molar-refractivity contribution in [1.82, 2.24) is 14.5 Å². The molecule has 0 saturated heterocycles. The smallest absolute Gasteiger partial charge is 0.257 e. The first-order valence-electron chi connectivity index (χ1n) is 13.7. The quantitative estimate of drug-likeness (QED) is 0.288. The Kier molecular flexibility index (Phi) is 5.94. The zero-order chi connectivity index (χ0) is 26.3. The summed E-state index contributed by atoms with van der Waals surface area (Å²) in [5.41, 5.74) is 7.81. The summed E-state index contributed by atoms with van der Waals surface area (Å²) in [4.78, 5) is 13.4. The minimum atomic E-state index is -0.0863. The standard InChI is InChI=1S/C34H31N3O2/c1-23-32-28-19-36(30-13-7-5-11-26(28)30)17-15-25(22-39-21-24-9-3-2-4-10-24)16-18-37-20-29(33(32)34(38)35-23)27-12-6-8-14-31(27)37/h2-14,19-20,25H,1,15-18,21-22H2,(H,35,38). The van der Waals surface area contributed by atoms with Crippen molar-refractivity contribution in [3.63, 3.8) is 0 Å². The molecule has 39 heavy (non-hydrogen) atoms. The average Bonchev–Trinajstić information content (AvgIpc) is 3.60. The summed E-state index contributed by atoms with van der Waals surface area (Å²) >= 11 is 0. The molecule has 4 heterocycles. The second-order valence-electron chi connectivity index (χ2n) is 10.6. The third-order valence-electron chi connectivity index (χ3n) is 8.18. The average molecular weight is 514 g/mol. The van der Waals surface area contributed by atoms with E-state index in [1.54, 1.807) is 0 Å². The molecule has 7 rings (SSSR count). The van der Waals surface area contributed by atoms with Crippen LogP contribution in [0.15, 0.2) is 104 Å². The fourth-order valence-electron chi connectivity index (χ4n) is 6.21. The first-order valence-corrected chi connectivity index (χ1v) is 13.7. The Morgan fingerprint density at radius 2 is 1.33 bits per heavy atom. The van der Waals surface area contributed by atoms with Crippen LogP contribution in [0, 0.1) is 5.92 Å². The minimum absolute atomic E-state index is 0.0863. The summed E-state index contributed by atoms with van der Waals surface area (Å²) < 4.78 is 10.9. The van der Waals surface area contributed by atoms with Crippen molar-refractivity contribution in [2.75, 3.05) is 6.61 Å². The van der Waals surface area contributed by atoms with Gasteiger partial charge >= 0.3 is 0 Å². The van der Waals surface area contributed by atoms with Crippen LogP contribution >= 0.6 is 0 Å². The van der Waals surface area contributed by atoms with Gasteiger partial charge in [0.2, 0.25) is 0 Å². The van der Waals surface area contributed by atoms with E-state index in [1.165, 1.54) is 11.1 Å². The highest BCUT2D eigenvalue weighted by Crippen LogP contribution is 2.42. The number of aromatic nitrogens is 2. The van der Waals surface area contributed by atoms with Gasteiger partial charge in [-0.15, -0.1) is 0 Å². The maximum Gasteiger partial charge on any atom is 0.257 e. The second kappa shape index (κ2) is 9.75. The Hall–Kier alpha value is -4.35. The molecular weight excluding hydrogens is 482 g/mol. The molecule has 0 fully saturated rings. The number of para-hydroxylation sites is 2. The van der Waals surface area contributed by atoms with E-state index in [9.17, 15) is 4.79 Å². The van der Waals surface area contributed by atoms with Gasteiger partial charge in [0.05, 0.1) is 12.2 Å². The van der Waals surface area contributed by atoms with Crippen LogP contribution in [0.5, 0.6) is 0 Å². The van der Waals surface area contributed by atoms with Crippen LogP contribution in [0.1, 0.15) is 29.5 Å². The summed E-state index contributed by atoms with van der Waals surface area (Å²) in [5, 5.41) is 5.26. The van der Waals surface area contributed by atoms with Crippen molar-refractivity contribution in [2.24, 2.45) is 5.92 Å². The van der Waals surface area contributed by atoms with E-state index in [1.807, 2.05) is 12.1 Å². The van der Waals surface area contributed by atoms with E-state index in [0.29, 0.717) is 30.4 Å². The monoisotopic (exact) mass is 513 g/mol. The number of benzene rings is 3. The molecule has 1 atom stereocenters. The highest BCUT2D eigenvalue weighted by atomic mass is 16.5. The maximum atomic E-state index is 13.4. The molecule has 4 bridgehead atoms. The summed E-state index contributed by atoms with van der Waals surface area (Å²) in [6.45, 7) is 7.35. The first kappa shape index (κ1) is 23.7. The third-order valence-corrected chi connectivity index (χ3v) is 8.18. The number of hydrogen-bond donors (Lipinski definition) is 1. The van der Waals surface area contributed by atoms with E-state index in [4.69, 9.17) is 4.74 Å². The molecule has 0 radical (unpaired) electrons. The van der Waals surface area contributed by atoms with Crippen LogP contribution in [0.2, 0.25) is 0 Å². The molecule has 2 aliphatic rings. The fourth-order valence-corrected chi connectivity index (χ4v) is 6.21. The lowest BCUT2D eigenvalue weighted by molar-refractivity contribution is -0.114. The molecule has 1 unspecified atom stereocenters. The van der Waals surface area contributed by atoms with Crippen molar-refractivity contribution in [2.45, 2.75) is 32.5 Å². The van der Waals surface area contributed by atoms with Crippen LogP contribution in [-0.4, -0.2) is 21.6 Å². The van der Waals surface area contributed by atoms with Crippen LogP contribution in [0.3, 0.4) is 0 Å². The summed E-state index contributed by atoms with van der Waals surface area (Å²) in [7, 11) is 0. The molecule has 194 valence electrons. The molecule has 5 nitrogen and oxygen atoms in total. The molecule has 5 aromatic rings. The van der Waals surface area contributed by atoms with Gasteiger partial charge in [-0.2, -0.15) is 0 Å². The van der Waals surface area contributed by atoms with Crippen molar-refractivity contribution in [3.8, 4) is 0 Å². The van der Waals surface area contributed by atoms with Crippen LogP contribution in [-0.2, 0) is 29.2 Å². The van der Waals surface area contributed by atoms with Crippen molar-refractivity contribution < 1.29 is 9.53 Å². The number of allylic oxidation sites excluding steroid dienone is 1. The molecular formula is C34H31N3O2. The normalized spacial score (nSPS) is 17.6. The van der Waals surface area contributed by atoms with Gasteiger partial charge < -0.3 is 19.2 Å². The number of carbonyl (C=O) groups excluding carboxylic acids is 1. The number of nitrogens with zero attached hydrogens (tertiary/aromatic N) is 2.